The van der Waals surface area contributed by atoms with Gasteiger partial charge in [0.1, 0.15) is 11.6 Å². The third kappa shape index (κ3) is 3.80. The summed E-state index contributed by atoms with van der Waals surface area (Å²) in [5.41, 5.74) is 1.85. The smallest absolute Gasteiger partial charge is 0.323 e. The van der Waals surface area contributed by atoms with Gasteiger partial charge >= 0.3 is 6.03 Å². The molecule has 7 nitrogen and oxygen atoms in total. The van der Waals surface area contributed by atoms with Gasteiger partial charge in [0.05, 0.1) is 6.61 Å². The standard InChI is InChI=1S/C17H21N5O2/c1-13-2-4-15(18-10-13)20-17(24)22-8-6-21(7-9-22)16-5-3-14(12-23)11-19-16/h2-5,10-11,23H,6-9,12H2,1H3,(H,18,20,24). The number of aryl methyl sites for hydroxylation is 1. The number of nitrogens with zero attached hydrogens (tertiary/aromatic N) is 4. The van der Waals surface area contributed by atoms with Crippen LogP contribution in [0.4, 0.5) is 16.4 Å². The van der Waals surface area contributed by atoms with E-state index in [2.05, 4.69) is 20.2 Å². The number of carbonyl (C=O) groups is 1. The highest BCUT2D eigenvalue weighted by Gasteiger charge is 2.22. The van der Waals surface area contributed by atoms with E-state index in [0.29, 0.717) is 18.9 Å². The Morgan fingerprint density at radius 2 is 1.92 bits per heavy atom. The molecule has 0 spiro atoms. The number of aromatic nitrogens is 2. The number of carbonyl (C=O) groups excluding carboxylic acids is 1. The number of aliphatic hydroxyl groups is 1. The maximum Gasteiger partial charge on any atom is 0.323 e. The normalized spacial score (nSPS) is 14.6. The Labute approximate surface area is 141 Å². The molecule has 0 saturated carbocycles. The van der Waals surface area contributed by atoms with Crippen LogP contribution in [0.5, 0.6) is 0 Å². The number of urea groups is 1. The van der Waals surface area contributed by atoms with Gasteiger partial charge in [-0.1, -0.05) is 12.1 Å². The number of amides is 2. The molecule has 0 atom stereocenters. The number of aliphatic hydroxyl groups excluding tert-OH is 1. The molecular weight excluding hydrogens is 306 g/mol. The predicted octanol–water partition coefficient (Wildman–Crippen LogP) is 1.63. The number of hydrogen-bond donors (Lipinski definition) is 2. The molecule has 0 bridgehead atoms. The van der Waals surface area contributed by atoms with E-state index in [-0.39, 0.29) is 12.6 Å². The van der Waals surface area contributed by atoms with E-state index in [4.69, 9.17) is 5.11 Å². The van der Waals surface area contributed by atoms with Crippen LogP contribution in [-0.2, 0) is 6.61 Å². The molecule has 0 radical (unpaired) electrons. The van der Waals surface area contributed by atoms with Crippen LogP contribution in [0.15, 0.2) is 36.7 Å². The molecule has 2 aromatic rings. The van der Waals surface area contributed by atoms with Crippen molar-refractivity contribution in [2.75, 3.05) is 36.4 Å². The number of hydrogen-bond acceptors (Lipinski definition) is 5. The predicted molar refractivity (Wildman–Crippen MR) is 91.9 cm³/mol. The highest BCUT2D eigenvalue weighted by atomic mass is 16.3. The molecule has 2 aromatic heterocycles. The zero-order chi connectivity index (χ0) is 16.9. The molecule has 1 aliphatic rings. The molecule has 1 saturated heterocycles. The minimum Gasteiger partial charge on any atom is -0.392 e. The van der Waals surface area contributed by atoms with Crippen molar-refractivity contribution >= 4 is 17.7 Å². The second-order valence-corrected chi connectivity index (χ2v) is 5.81. The van der Waals surface area contributed by atoms with Gasteiger partial charge in [-0.15, -0.1) is 0 Å². The first-order valence-corrected chi connectivity index (χ1v) is 7.95. The van der Waals surface area contributed by atoms with Gasteiger partial charge in [0, 0.05) is 38.6 Å². The van der Waals surface area contributed by atoms with Gasteiger partial charge in [0.2, 0.25) is 0 Å². The largest absolute Gasteiger partial charge is 0.392 e. The molecule has 126 valence electrons. The number of piperazine rings is 1. The lowest BCUT2D eigenvalue weighted by atomic mass is 10.2. The number of rotatable bonds is 3. The summed E-state index contributed by atoms with van der Waals surface area (Å²) in [7, 11) is 0. The van der Waals surface area contributed by atoms with Crippen molar-refractivity contribution < 1.29 is 9.90 Å². The van der Waals surface area contributed by atoms with Crippen molar-refractivity contribution in [3.05, 3.63) is 47.8 Å². The Morgan fingerprint density at radius 1 is 1.12 bits per heavy atom. The Morgan fingerprint density at radius 3 is 2.50 bits per heavy atom. The summed E-state index contributed by atoms with van der Waals surface area (Å²) in [5.74, 6) is 1.43. The molecule has 24 heavy (non-hydrogen) atoms. The molecule has 1 aliphatic heterocycles. The molecule has 0 unspecified atom stereocenters. The lowest BCUT2D eigenvalue weighted by Gasteiger charge is -2.35. The zero-order valence-electron chi connectivity index (χ0n) is 13.6. The van der Waals surface area contributed by atoms with Gasteiger partial charge < -0.3 is 14.9 Å². The van der Waals surface area contributed by atoms with E-state index in [1.165, 1.54) is 0 Å². The zero-order valence-corrected chi connectivity index (χ0v) is 13.6. The Bertz CT molecular complexity index is 679. The van der Waals surface area contributed by atoms with Crippen molar-refractivity contribution in [1.82, 2.24) is 14.9 Å². The van der Waals surface area contributed by atoms with Gasteiger partial charge in [-0.05, 0) is 30.2 Å². The molecule has 1 fully saturated rings. The molecule has 0 aliphatic carbocycles. The van der Waals surface area contributed by atoms with Crippen LogP contribution in [0.3, 0.4) is 0 Å². The first kappa shape index (κ1) is 16.2. The van der Waals surface area contributed by atoms with Crippen LogP contribution in [-0.4, -0.2) is 52.2 Å². The molecule has 3 heterocycles. The fourth-order valence-electron chi connectivity index (χ4n) is 2.57. The van der Waals surface area contributed by atoms with Gasteiger partial charge in [-0.3, -0.25) is 5.32 Å². The summed E-state index contributed by atoms with van der Waals surface area (Å²) in [6.07, 6.45) is 3.41. The quantitative estimate of drug-likeness (QED) is 0.895. The van der Waals surface area contributed by atoms with Crippen molar-refractivity contribution in [3.63, 3.8) is 0 Å². The SMILES string of the molecule is Cc1ccc(NC(=O)N2CCN(c3ccc(CO)cn3)CC2)nc1. The third-order valence-electron chi connectivity index (χ3n) is 4.03. The van der Waals surface area contributed by atoms with Crippen molar-refractivity contribution in [1.29, 1.82) is 0 Å². The average molecular weight is 327 g/mol. The molecule has 0 aromatic carbocycles. The van der Waals surface area contributed by atoms with Crippen LogP contribution in [0.25, 0.3) is 0 Å². The Hall–Kier alpha value is -2.67. The molecule has 2 amide bonds. The van der Waals surface area contributed by atoms with E-state index in [9.17, 15) is 4.79 Å². The molecule has 7 heteroatoms. The summed E-state index contributed by atoms with van der Waals surface area (Å²) in [6.45, 7) is 4.65. The fourth-order valence-corrected chi connectivity index (χ4v) is 2.57. The minimum atomic E-state index is -0.130. The minimum absolute atomic E-state index is 0.00568. The van der Waals surface area contributed by atoms with E-state index in [1.54, 1.807) is 23.4 Å². The van der Waals surface area contributed by atoms with Crippen LogP contribution in [0, 0.1) is 6.92 Å². The first-order valence-electron chi connectivity index (χ1n) is 7.95. The van der Waals surface area contributed by atoms with Crippen molar-refractivity contribution in [2.24, 2.45) is 0 Å². The molecular formula is C17H21N5O2. The van der Waals surface area contributed by atoms with Crippen molar-refractivity contribution in [2.45, 2.75) is 13.5 Å². The lowest BCUT2D eigenvalue weighted by molar-refractivity contribution is 0.208. The Kier molecular flexibility index (Phi) is 4.90. The third-order valence-corrected chi connectivity index (χ3v) is 4.03. The maximum atomic E-state index is 12.3. The van der Waals surface area contributed by atoms with Gasteiger partial charge in [0.15, 0.2) is 0 Å². The van der Waals surface area contributed by atoms with E-state index < -0.39 is 0 Å². The second-order valence-electron chi connectivity index (χ2n) is 5.81. The molecule has 2 N–H and O–H groups in total. The summed E-state index contributed by atoms with van der Waals surface area (Å²) < 4.78 is 0. The van der Waals surface area contributed by atoms with Gasteiger partial charge in [-0.2, -0.15) is 0 Å². The summed E-state index contributed by atoms with van der Waals surface area (Å²) in [6, 6.07) is 7.36. The van der Waals surface area contributed by atoms with E-state index in [1.807, 2.05) is 25.1 Å². The first-order chi connectivity index (χ1) is 11.7. The van der Waals surface area contributed by atoms with Crippen LogP contribution < -0.4 is 10.2 Å². The highest BCUT2D eigenvalue weighted by Crippen LogP contribution is 2.15. The van der Waals surface area contributed by atoms with E-state index >= 15 is 0 Å². The monoisotopic (exact) mass is 327 g/mol. The van der Waals surface area contributed by atoms with Crippen LogP contribution in [0.1, 0.15) is 11.1 Å². The lowest BCUT2D eigenvalue weighted by Crippen LogP contribution is -2.50. The Balaban J connectivity index is 1.54. The topological polar surface area (TPSA) is 81.6 Å². The van der Waals surface area contributed by atoms with Crippen LogP contribution in [0.2, 0.25) is 0 Å². The maximum absolute atomic E-state index is 12.3. The second kappa shape index (κ2) is 7.27. The average Bonchev–Trinajstić information content (AvgIpc) is 2.64. The number of pyridine rings is 2. The number of anilines is 2. The summed E-state index contributed by atoms with van der Waals surface area (Å²) in [5, 5.41) is 11.9. The van der Waals surface area contributed by atoms with Crippen molar-refractivity contribution in [3.8, 4) is 0 Å². The molecule has 3 rings (SSSR count). The highest BCUT2D eigenvalue weighted by molar-refractivity contribution is 5.88. The van der Waals surface area contributed by atoms with E-state index in [0.717, 1.165) is 30.0 Å². The van der Waals surface area contributed by atoms with Gasteiger partial charge in [0.25, 0.3) is 0 Å². The van der Waals surface area contributed by atoms with Gasteiger partial charge in [-0.25, -0.2) is 14.8 Å². The summed E-state index contributed by atoms with van der Waals surface area (Å²) in [4.78, 5) is 24.8. The fraction of sp³-hybridized carbons (Fsp3) is 0.353. The summed E-state index contributed by atoms with van der Waals surface area (Å²) >= 11 is 0. The number of nitrogens with one attached hydrogen (secondary N) is 1. The van der Waals surface area contributed by atoms with Crippen LogP contribution >= 0.6 is 0 Å².